The van der Waals surface area contributed by atoms with E-state index in [0.717, 1.165) is 0 Å². The zero-order chi connectivity index (χ0) is 19.9. The molecule has 1 heterocycles. The molecule has 0 fully saturated rings. The van der Waals surface area contributed by atoms with E-state index in [4.69, 9.17) is 9.47 Å². The number of methoxy groups -OCH3 is 2. The molecule has 0 saturated carbocycles. The summed E-state index contributed by atoms with van der Waals surface area (Å²) < 4.78 is 10.2. The van der Waals surface area contributed by atoms with Gasteiger partial charge in [-0.3, -0.25) is 9.59 Å². The van der Waals surface area contributed by atoms with E-state index in [1.165, 1.54) is 6.20 Å². The van der Waals surface area contributed by atoms with Crippen molar-refractivity contribution in [1.82, 2.24) is 4.98 Å². The molecule has 2 aromatic carbocycles. The number of carbonyl (C=O) groups is 2. The second-order valence-electron chi connectivity index (χ2n) is 5.76. The molecule has 28 heavy (non-hydrogen) atoms. The van der Waals surface area contributed by atoms with Gasteiger partial charge in [-0.1, -0.05) is 0 Å². The van der Waals surface area contributed by atoms with Gasteiger partial charge in [-0.2, -0.15) is 0 Å². The van der Waals surface area contributed by atoms with E-state index in [1.807, 2.05) is 0 Å². The van der Waals surface area contributed by atoms with E-state index < -0.39 is 0 Å². The van der Waals surface area contributed by atoms with E-state index in [-0.39, 0.29) is 17.6 Å². The molecule has 3 rings (SSSR count). The van der Waals surface area contributed by atoms with Crippen molar-refractivity contribution < 1.29 is 19.1 Å². The molecule has 2 amide bonds. The Morgan fingerprint density at radius 3 is 1.75 bits per heavy atom. The highest BCUT2D eigenvalue weighted by Crippen LogP contribution is 2.21. The molecule has 1 aromatic heterocycles. The second kappa shape index (κ2) is 8.68. The third kappa shape index (κ3) is 4.45. The monoisotopic (exact) mass is 377 g/mol. The number of aromatic nitrogens is 1. The van der Waals surface area contributed by atoms with Crippen LogP contribution in [0.25, 0.3) is 0 Å². The molecular formula is C21H19N3O4. The number of carbonyl (C=O) groups excluding carboxylic acids is 2. The fraction of sp³-hybridized carbons (Fsp3) is 0.0952. The summed E-state index contributed by atoms with van der Waals surface area (Å²) in [5.41, 5.74) is 1.29. The SMILES string of the molecule is COc1ccc(C(=O)Nc2cccnc2NC(=O)c2ccc(OC)cc2)cc1. The predicted octanol–water partition coefficient (Wildman–Crippen LogP) is 3.60. The third-order valence-electron chi connectivity index (χ3n) is 3.99. The Morgan fingerprint density at radius 2 is 1.25 bits per heavy atom. The number of ether oxygens (including phenoxy) is 2. The van der Waals surface area contributed by atoms with Gasteiger partial charge in [0, 0.05) is 17.3 Å². The van der Waals surface area contributed by atoms with Gasteiger partial charge in [0.1, 0.15) is 11.5 Å². The minimum Gasteiger partial charge on any atom is -0.497 e. The molecule has 0 saturated heterocycles. The Morgan fingerprint density at radius 1 is 0.750 bits per heavy atom. The molecule has 142 valence electrons. The van der Waals surface area contributed by atoms with Gasteiger partial charge in [0.25, 0.3) is 11.8 Å². The summed E-state index contributed by atoms with van der Waals surface area (Å²) in [7, 11) is 3.11. The summed E-state index contributed by atoms with van der Waals surface area (Å²) in [6.45, 7) is 0. The molecule has 0 bridgehead atoms. The topological polar surface area (TPSA) is 89.5 Å². The van der Waals surface area contributed by atoms with E-state index in [0.29, 0.717) is 28.3 Å². The first kappa shape index (κ1) is 18.9. The molecule has 2 N–H and O–H groups in total. The molecule has 7 heteroatoms. The van der Waals surface area contributed by atoms with Crippen molar-refractivity contribution in [3.63, 3.8) is 0 Å². The van der Waals surface area contributed by atoms with Crippen molar-refractivity contribution in [1.29, 1.82) is 0 Å². The standard InChI is InChI=1S/C21H19N3O4/c1-27-16-9-5-14(6-10-16)20(25)23-18-4-3-13-22-19(18)24-21(26)15-7-11-17(28-2)12-8-15/h3-13H,1-2H3,(H,23,25)(H,22,24,26). The minimum absolute atomic E-state index is 0.255. The lowest BCUT2D eigenvalue weighted by molar-refractivity contribution is 0.101. The van der Waals surface area contributed by atoms with Crippen molar-refractivity contribution >= 4 is 23.3 Å². The normalized spacial score (nSPS) is 10.1. The molecule has 0 atom stereocenters. The zero-order valence-corrected chi connectivity index (χ0v) is 15.4. The van der Waals surface area contributed by atoms with Crippen molar-refractivity contribution in [2.24, 2.45) is 0 Å². The van der Waals surface area contributed by atoms with Crippen LogP contribution >= 0.6 is 0 Å². The number of hydrogen-bond acceptors (Lipinski definition) is 5. The molecular weight excluding hydrogens is 358 g/mol. The smallest absolute Gasteiger partial charge is 0.256 e. The first-order valence-corrected chi connectivity index (χ1v) is 8.46. The summed E-state index contributed by atoms with van der Waals surface area (Å²) in [6.07, 6.45) is 1.53. The number of benzene rings is 2. The van der Waals surface area contributed by atoms with Crippen LogP contribution in [0.4, 0.5) is 11.5 Å². The van der Waals surface area contributed by atoms with Crippen LogP contribution in [-0.4, -0.2) is 31.0 Å². The van der Waals surface area contributed by atoms with Gasteiger partial charge in [-0.05, 0) is 60.7 Å². The largest absolute Gasteiger partial charge is 0.497 e. The van der Waals surface area contributed by atoms with Crippen LogP contribution in [0, 0.1) is 0 Å². The van der Waals surface area contributed by atoms with E-state index in [9.17, 15) is 9.59 Å². The van der Waals surface area contributed by atoms with Crippen molar-refractivity contribution in [2.75, 3.05) is 24.9 Å². The van der Waals surface area contributed by atoms with Gasteiger partial charge in [-0.25, -0.2) is 4.98 Å². The first-order chi connectivity index (χ1) is 13.6. The maximum Gasteiger partial charge on any atom is 0.256 e. The van der Waals surface area contributed by atoms with E-state index in [2.05, 4.69) is 15.6 Å². The Bertz CT molecular complexity index is 889. The Balaban J connectivity index is 1.74. The molecule has 0 radical (unpaired) electrons. The highest BCUT2D eigenvalue weighted by molar-refractivity contribution is 6.09. The quantitative estimate of drug-likeness (QED) is 0.685. The zero-order valence-electron chi connectivity index (χ0n) is 15.4. The molecule has 0 aliphatic heterocycles. The van der Waals surface area contributed by atoms with Crippen LogP contribution in [0.5, 0.6) is 11.5 Å². The van der Waals surface area contributed by atoms with Crippen LogP contribution in [0.1, 0.15) is 20.7 Å². The van der Waals surface area contributed by atoms with Gasteiger partial charge in [0.05, 0.1) is 19.9 Å². The van der Waals surface area contributed by atoms with Crippen LogP contribution in [-0.2, 0) is 0 Å². The number of amides is 2. The highest BCUT2D eigenvalue weighted by Gasteiger charge is 2.13. The van der Waals surface area contributed by atoms with Crippen LogP contribution < -0.4 is 20.1 Å². The summed E-state index contributed by atoms with van der Waals surface area (Å²) in [6, 6.07) is 16.7. The lowest BCUT2D eigenvalue weighted by Crippen LogP contribution is -2.17. The van der Waals surface area contributed by atoms with Gasteiger partial charge < -0.3 is 20.1 Å². The van der Waals surface area contributed by atoms with Gasteiger partial charge >= 0.3 is 0 Å². The summed E-state index contributed by atoms with van der Waals surface area (Å²) in [5, 5.41) is 5.48. The number of rotatable bonds is 6. The van der Waals surface area contributed by atoms with E-state index in [1.54, 1.807) is 74.9 Å². The van der Waals surface area contributed by atoms with Crippen molar-refractivity contribution in [3.8, 4) is 11.5 Å². The van der Waals surface area contributed by atoms with Gasteiger partial charge in [-0.15, -0.1) is 0 Å². The van der Waals surface area contributed by atoms with E-state index >= 15 is 0 Å². The fourth-order valence-electron chi connectivity index (χ4n) is 2.46. The average molecular weight is 377 g/mol. The Kier molecular flexibility index (Phi) is 5.86. The predicted molar refractivity (Wildman–Crippen MR) is 106 cm³/mol. The summed E-state index contributed by atoms with van der Waals surface area (Å²) >= 11 is 0. The molecule has 0 aliphatic rings. The number of nitrogens with one attached hydrogen (secondary N) is 2. The second-order valence-corrected chi connectivity index (χ2v) is 5.76. The molecule has 0 aliphatic carbocycles. The summed E-state index contributed by atoms with van der Waals surface area (Å²) in [5.74, 6) is 0.897. The number of hydrogen-bond donors (Lipinski definition) is 2. The maximum absolute atomic E-state index is 12.5. The molecule has 0 spiro atoms. The Hall–Kier alpha value is -3.87. The average Bonchev–Trinajstić information content (AvgIpc) is 2.75. The number of anilines is 2. The van der Waals surface area contributed by atoms with Crippen molar-refractivity contribution in [3.05, 3.63) is 78.0 Å². The van der Waals surface area contributed by atoms with Gasteiger partial charge in [0.15, 0.2) is 5.82 Å². The Labute approximate surface area is 162 Å². The first-order valence-electron chi connectivity index (χ1n) is 8.46. The molecule has 3 aromatic rings. The van der Waals surface area contributed by atoms with Crippen LogP contribution in [0.15, 0.2) is 66.9 Å². The van der Waals surface area contributed by atoms with Gasteiger partial charge in [0.2, 0.25) is 0 Å². The maximum atomic E-state index is 12.5. The summed E-state index contributed by atoms with van der Waals surface area (Å²) in [4.78, 5) is 29.1. The van der Waals surface area contributed by atoms with Crippen LogP contribution in [0.2, 0.25) is 0 Å². The fourth-order valence-corrected chi connectivity index (χ4v) is 2.46. The van der Waals surface area contributed by atoms with Crippen molar-refractivity contribution in [2.45, 2.75) is 0 Å². The number of nitrogens with zero attached hydrogens (tertiary/aromatic N) is 1. The highest BCUT2D eigenvalue weighted by atomic mass is 16.5. The molecule has 7 nitrogen and oxygen atoms in total. The molecule has 0 unspecified atom stereocenters. The van der Waals surface area contributed by atoms with Crippen LogP contribution in [0.3, 0.4) is 0 Å². The lowest BCUT2D eigenvalue weighted by atomic mass is 10.2. The third-order valence-corrected chi connectivity index (χ3v) is 3.99. The number of pyridine rings is 1. The lowest BCUT2D eigenvalue weighted by Gasteiger charge is -2.11. The minimum atomic E-state index is -0.346.